The summed E-state index contributed by atoms with van der Waals surface area (Å²) in [5.41, 5.74) is 1.69. The summed E-state index contributed by atoms with van der Waals surface area (Å²) in [6.07, 6.45) is 2.76. The van der Waals surface area contributed by atoms with Crippen LogP contribution in [0.1, 0.15) is 29.5 Å². The van der Waals surface area contributed by atoms with E-state index in [9.17, 15) is 4.79 Å². The zero-order valence-electron chi connectivity index (χ0n) is 15.4. The van der Waals surface area contributed by atoms with Crippen molar-refractivity contribution in [2.75, 3.05) is 19.6 Å². The lowest BCUT2D eigenvalue weighted by molar-refractivity contribution is -0.120. The molecule has 3 aromatic rings. The van der Waals surface area contributed by atoms with Gasteiger partial charge in [0.05, 0.1) is 23.2 Å². The van der Waals surface area contributed by atoms with Gasteiger partial charge in [-0.1, -0.05) is 35.9 Å². The summed E-state index contributed by atoms with van der Waals surface area (Å²) in [5.74, 6) is 0.0109. The molecule has 2 aromatic heterocycles. The number of likely N-dealkylation sites (tertiary alicyclic amines) is 1. The van der Waals surface area contributed by atoms with Gasteiger partial charge in [-0.15, -0.1) is 22.7 Å². The largest absolute Gasteiger partial charge is 0.354 e. The summed E-state index contributed by atoms with van der Waals surface area (Å²) in [5, 5.41) is 8.69. The van der Waals surface area contributed by atoms with Crippen LogP contribution in [0.5, 0.6) is 0 Å². The van der Waals surface area contributed by atoms with Crippen molar-refractivity contribution in [3.63, 3.8) is 0 Å². The number of rotatable bonds is 7. The first-order chi connectivity index (χ1) is 13.7. The first-order valence-electron chi connectivity index (χ1n) is 9.44. The highest BCUT2D eigenvalue weighted by atomic mass is 35.5. The maximum atomic E-state index is 12.5. The van der Waals surface area contributed by atoms with E-state index in [1.807, 2.05) is 29.6 Å². The summed E-state index contributed by atoms with van der Waals surface area (Å²) in [6, 6.07) is 12.2. The summed E-state index contributed by atoms with van der Waals surface area (Å²) in [7, 11) is 0. The molecule has 4 rings (SSSR count). The zero-order chi connectivity index (χ0) is 19.3. The van der Waals surface area contributed by atoms with E-state index in [-0.39, 0.29) is 18.4 Å². The molecular formula is C21H22ClN3OS2. The molecule has 1 saturated heterocycles. The van der Waals surface area contributed by atoms with E-state index < -0.39 is 0 Å². The molecule has 1 fully saturated rings. The number of hydrogen-bond acceptors (Lipinski definition) is 5. The Hall–Kier alpha value is -1.73. The van der Waals surface area contributed by atoms with Crippen LogP contribution in [0.2, 0.25) is 5.02 Å². The van der Waals surface area contributed by atoms with Gasteiger partial charge in [-0.2, -0.15) is 0 Å². The van der Waals surface area contributed by atoms with Crippen LogP contribution in [-0.2, 0) is 11.2 Å². The van der Waals surface area contributed by atoms with Crippen LogP contribution < -0.4 is 5.32 Å². The zero-order valence-corrected chi connectivity index (χ0v) is 17.8. The van der Waals surface area contributed by atoms with E-state index in [0.717, 1.165) is 29.4 Å². The van der Waals surface area contributed by atoms with Crippen LogP contribution in [0.15, 0.2) is 47.2 Å². The van der Waals surface area contributed by atoms with Crippen molar-refractivity contribution in [2.45, 2.75) is 25.3 Å². The fourth-order valence-electron chi connectivity index (χ4n) is 3.53. The molecule has 7 heteroatoms. The Morgan fingerprint density at radius 2 is 2.00 bits per heavy atom. The SMILES string of the molecule is O=C(Cc1csc(-c2ccccc2Cl)n1)NC[C@H](c1cccs1)N1CCCC1. The summed E-state index contributed by atoms with van der Waals surface area (Å²) >= 11 is 9.53. The van der Waals surface area contributed by atoms with Crippen molar-refractivity contribution in [3.8, 4) is 10.6 Å². The fourth-order valence-corrected chi connectivity index (χ4v) is 5.53. The van der Waals surface area contributed by atoms with Crippen LogP contribution in [0.25, 0.3) is 10.6 Å². The number of benzene rings is 1. The monoisotopic (exact) mass is 431 g/mol. The number of nitrogens with zero attached hydrogens (tertiary/aromatic N) is 2. The van der Waals surface area contributed by atoms with Gasteiger partial charge >= 0.3 is 0 Å². The molecule has 0 spiro atoms. The predicted molar refractivity (Wildman–Crippen MR) is 117 cm³/mol. The van der Waals surface area contributed by atoms with Crippen molar-refractivity contribution < 1.29 is 4.79 Å². The van der Waals surface area contributed by atoms with Crippen LogP contribution >= 0.6 is 34.3 Å². The molecule has 1 atom stereocenters. The summed E-state index contributed by atoms with van der Waals surface area (Å²) < 4.78 is 0. The fraction of sp³-hybridized carbons (Fsp3) is 0.333. The molecule has 146 valence electrons. The number of carbonyl (C=O) groups is 1. The Kier molecular flexibility index (Phi) is 6.42. The lowest BCUT2D eigenvalue weighted by atomic mass is 10.2. The topological polar surface area (TPSA) is 45.2 Å². The van der Waals surface area contributed by atoms with Crippen LogP contribution in [0.4, 0.5) is 0 Å². The van der Waals surface area contributed by atoms with E-state index in [4.69, 9.17) is 11.6 Å². The van der Waals surface area contributed by atoms with Crippen molar-refractivity contribution in [1.82, 2.24) is 15.2 Å². The van der Waals surface area contributed by atoms with Crippen molar-refractivity contribution >= 4 is 40.2 Å². The third-order valence-corrected chi connectivity index (χ3v) is 7.17. The first-order valence-corrected chi connectivity index (χ1v) is 11.6. The Bertz CT molecular complexity index is 919. The molecule has 4 nitrogen and oxygen atoms in total. The van der Waals surface area contributed by atoms with Crippen LogP contribution in [-0.4, -0.2) is 35.4 Å². The highest BCUT2D eigenvalue weighted by Gasteiger charge is 2.24. The number of amides is 1. The number of thiazole rings is 1. The van der Waals surface area contributed by atoms with Crippen molar-refractivity contribution in [3.05, 3.63) is 62.8 Å². The summed E-state index contributed by atoms with van der Waals surface area (Å²) in [4.78, 5) is 20.9. The summed E-state index contributed by atoms with van der Waals surface area (Å²) in [6.45, 7) is 2.85. The lowest BCUT2D eigenvalue weighted by Crippen LogP contribution is -2.37. The van der Waals surface area contributed by atoms with Crippen LogP contribution in [0.3, 0.4) is 0 Å². The normalized spacial score (nSPS) is 15.6. The third kappa shape index (κ3) is 4.63. The first kappa shape index (κ1) is 19.6. The smallest absolute Gasteiger partial charge is 0.226 e. The molecule has 1 N–H and O–H groups in total. The molecule has 0 saturated carbocycles. The van der Waals surface area contributed by atoms with E-state index in [1.165, 1.54) is 29.1 Å². The van der Waals surface area contributed by atoms with Gasteiger partial charge in [-0.3, -0.25) is 9.69 Å². The van der Waals surface area contributed by atoms with Crippen molar-refractivity contribution in [1.29, 1.82) is 0 Å². The average molecular weight is 432 g/mol. The van der Waals surface area contributed by atoms with Crippen molar-refractivity contribution in [2.24, 2.45) is 0 Å². The van der Waals surface area contributed by atoms with Gasteiger partial charge in [0, 0.05) is 22.4 Å². The van der Waals surface area contributed by atoms with Gasteiger partial charge in [-0.25, -0.2) is 4.98 Å². The molecule has 1 aromatic carbocycles. The second kappa shape index (κ2) is 9.18. The number of aromatic nitrogens is 1. The van der Waals surface area contributed by atoms with E-state index in [2.05, 4.69) is 32.7 Å². The number of halogens is 1. The van der Waals surface area contributed by atoms with Gasteiger partial charge in [-0.05, 0) is 43.4 Å². The molecule has 1 aliphatic heterocycles. The average Bonchev–Trinajstić information content (AvgIpc) is 3.46. The Labute approximate surface area is 178 Å². The lowest BCUT2D eigenvalue weighted by Gasteiger charge is -2.26. The number of thiophene rings is 1. The Morgan fingerprint density at radius 3 is 2.75 bits per heavy atom. The maximum Gasteiger partial charge on any atom is 0.226 e. The van der Waals surface area contributed by atoms with Gasteiger partial charge in [0.25, 0.3) is 0 Å². The van der Waals surface area contributed by atoms with E-state index in [0.29, 0.717) is 11.6 Å². The number of carbonyl (C=O) groups excluding carboxylic acids is 1. The molecule has 0 unspecified atom stereocenters. The Morgan fingerprint density at radius 1 is 1.18 bits per heavy atom. The standard InChI is InChI=1S/C21H22ClN3OS2/c22-17-7-2-1-6-16(17)21-24-15(14-28-21)12-20(26)23-13-18(19-8-5-11-27-19)25-9-3-4-10-25/h1-2,5-8,11,14,18H,3-4,9-10,12-13H2,(H,23,26)/t18-/m1/s1. The minimum absolute atomic E-state index is 0.0109. The maximum absolute atomic E-state index is 12.5. The van der Waals surface area contributed by atoms with Gasteiger partial charge < -0.3 is 5.32 Å². The number of hydrogen-bond donors (Lipinski definition) is 1. The highest BCUT2D eigenvalue weighted by Crippen LogP contribution is 2.30. The quantitative estimate of drug-likeness (QED) is 0.571. The van der Waals surface area contributed by atoms with Crippen LogP contribution in [0, 0.1) is 0 Å². The molecule has 0 bridgehead atoms. The third-order valence-electron chi connectivity index (χ3n) is 4.94. The molecule has 1 amide bonds. The minimum atomic E-state index is 0.0109. The molecule has 1 aliphatic rings. The number of nitrogens with one attached hydrogen (secondary N) is 1. The van der Waals surface area contributed by atoms with Gasteiger partial charge in [0.15, 0.2) is 0 Å². The highest BCUT2D eigenvalue weighted by molar-refractivity contribution is 7.13. The second-order valence-electron chi connectivity index (χ2n) is 6.88. The Balaban J connectivity index is 1.37. The van der Waals surface area contributed by atoms with Gasteiger partial charge in [0.1, 0.15) is 5.01 Å². The van der Waals surface area contributed by atoms with E-state index in [1.54, 1.807) is 11.3 Å². The minimum Gasteiger partial charge on any atom is -0.354 e. The molecular weight excluding hydrogens is 410 g/mol. The molecule has 0 aliphatic carbocycles. The molecule has 28 heavy (non-hydrogen) atoms. The second-order valence-corrected chi connectivity index (χ2v) is 9.12. The van der Waals surface area contributed by atoms with Gasteiger partial charge in [0.2, 0.25) is 5.91 Å². The molecule has 3 heterocycles. The molecule has 0 radical (unpaired) electrons. The predicted octanol–water partition coefficient (Wildman–Crippen LogP) is 5.02. The van der Waals surface area contributed by atoms with E-state index >= 15 is 0 Å².